The van der Waals surface area contributed by atoms with Crippen LogP contribution in [0.3, 0.4) is 0 Å². The number of ether oxygens (including phenoxy) is 2. The summed E-state index contributed by atoms with van der Waals surface area (Å²) in [7, 11) is 0. The Hall–Kier alpha value is -2.64. The molecule has 0 aliphatic carbocycles. The second-order valence-corrected chi connectivity index (χ2v) is 8.93. The lowest BCUT2D eigenvalue weighted by Gasteiger charge is -2.27. The van der Waals surface area contributed by atoms with Crippen LogP contribution >= 0.6 is 15.9 Å². The number of hydrogen-bond donors (Lipinski definition) is 1. The maximum atomic E-state index is 13.1. The van der Waals surface area contributed by atoms with Gasteiger partial charge in [-0.25, -0.2) is 0 Å². The van der Waals surface area contributed by atoms with Gasteiger partial charge < -0.3 is 19.5 Å². The van der Waals surface area contributed by atoms with Crippen LogP contribution in [-0.2, 0) is 14.3 Å². The highest BCUT2D eigenvalue weighted by molar-refractivity contribution is 9.10. The van der Waals surface area contributed by atoms with E-state index in [1.165, 1.54) is 4.90 Å². The number of likely N-dealkylation sites (tertiary alicyclic amines) is 1. The van der Waals surface area contributed by atoms with Crippen LogP contribution in [0.5, 0.6) is 5.75 Å². The van der Waals surface area contributed by atoms with Crippen LogP contribution in [0.25, 0.3) is 5.76 Å². The molecule has 2 heterocycles. The molecule has 2 aliphatic heterocycles. The van der Waals surface area contributed by atoms with E-state index in [0.717, 1.165) is 35.0 Å². The molecule has 0 bridgehead atoms. The van der Waals surface area contributed by atoms with Gasteiger partial charge in [-0.1, -0.05) is 47.1 Å². The predicted molar refractivity (Wildman–Crippen MR) is 124 cm³/mol. The van der Waals surface area contributed by atoms with Crippen LogP contribution < -0.4 is 4.74 Å². The van der Waals surface area contributed by atoms with Crippen molar-refractivity contribution in [2.75, 3.05) is 19.8 Å². The number of nitrogens with zero attached hydrogens (tertiary/aromatic N) is 1. The van der Waals surface area contributed by atoms with Gasteiger partial charge >= 0.3 is 0 Å². The van der Waals surface area contributed by atoms with Crippen molar-refractivity contribution in [1.29, 1.82) is 0 Å². The van der Waals surface area contributed by atoms with E-state index in [9.17, 15) is 14.7 Å². The highest BCUT2D eigenvalue weighted by Crippen LogP contribution is 2.40. The van der Waals surface area contributed by atoms with E-state index in [0.29, 0.717) is 25.3 Å². The molecule has 1 amide bonds. The third kappa shape index (κ3) is 4.59. The van der Waals surface area contributed by atoms with E-state index < -0.39 is 17.7 Å². The van der Waals surface area contributed by atoms with Crippen molar-refractivity contribution < 1.29 is 24.2 Å². The molecule has 2 aromatic carbocycles. The lowest BCUT2D eigenvalue weighted by Crippen LogP contribution is -2.36. The number of carbonyl (C=O) groups is 2. The van der Waals surface area contributed by atoms with E-state index in [4.69, 9.17) is 9.47 Å². The minimum absolute atomic E-state index is 0.0949. The largest absolute Gasteiger partial charge is 0.507 e. The molecule has 6 nitrogen and oxygen atoms in total. The highest BCUT2D eigenvalue weighted by Gasteiger charge is 2.47. The summed E-state index contributed by atoms with van der Waals surface area (Å²) < 4.78 is 12.3. The number of aliphatic hydroxyl groups excluding tert-OH is 1. The van der Waals surface area contributed by atoms with Crippen LogP contribution in [-0.4, -0.2) is 47.6 Å². The standard InChI is InChI=1S/C25H26BrNO5/c1-2-13-31-19-11-7-16(8-12-19)22-21(23(28)17-5-9-18(26)10-6-17)24(29)25(30)27(22)15-20-4-3-14-32-20/h5-12,20,22,28H,2-4,13-15H2,1H3/b23-21-. The average Bonchev–Trinajstić information content (AvgIpc) is 3.40. The molecule has 2 fully saturated rings. The number of aliphatic hydroxyl groups is 1. The van der Waals surface area contributed by atoms with E-state index in [1.807, 2.05) is 31.2 Å². The number of ketones is 1. The van der Waals surface area contributed by atoms with Crippen LogP contribution in [0, 0.1) is 0 Å². The van der Waals surface area contributed by atoms with Gasteiger partial charge in [0.2, 0.25) is 0 Å². The summed E-state index contributed by atoms with van der Waals surface area (Å²) in [4.78, 5) is 27.6. The van der Waals surface area contributed by atoms with Crippen LogP contribution in [0.4, 0.5) is 0 Å². The van der Waals surface area contributed by atoms with Crippen molar-refractivity contribution in [3.8, 4) is 5.75 Å². The Morgan fingerprint density at radius 1 is 1.16 bits per heavy atom. The zero-order valence-electron chi connectivity index (χ0n) is 17.9. The molecule has 0 spiro atoms. The molecule has 0 saturated carbocycles. The Kier molecular flexibility index (Phi) is 6.96. The third-order valence-corrected chi connectivity index (χ3v) is 6.28. The Morgan fingerprint density at radius 2 is 1.88 bits per heavy atom. The van der Waals surface area contributed by atoms with Crippen molar-refractivity contribution in [2.45, 2.75) is 38.3 Å². The Labute approximate surface area is 196 Å². The first-order chi connectivity index (χ1) is 15.5. The fourth-order valence-corrected chi connectivity index (χ4v) is 4.42. The van der Waals surface area contributed by atoms with E-state index in [1.54, 1.807) is 24.3 Å². The quantitative estimate of drug-likeness (QED) is 0.335. The topological polar surface area (TPSA) is 76.1 Å². The highest BCUT2D eigenvalue weighted by atomic mass is 79.9. The van der Waals surface area contributed by atoms with Gasteiger partial charge in [-0.2, -0.15) is 0 Å². The number of benzene rings is 2. The number of carbonyl (C=O) groups excluding carboxylic acids is 2. The van der Waals surface area contributed by atoms with Crippen molar-refractivity contribution in [1.82, 2.24) is 4.90 Å². The number of halogens is 1. The number of Topliss-reactive ketones (excluding diaryl/α,β-unsaturated/α-hetero) is 1. The average molecular weight is 500 g/mol. The van der Waals surface area contributed by atoms with Crippen molar-refractivity contribution in [3.63, 3.8) is 0 Å². The maximum absolute atomic E-state index is 13.1. The Morgan fingerprint density at radius 3 is 2.50 bits per heavy atom. The summed E-state index contributed by atoms with van der Waals surface area (Å²) in [6, 6.07) is 13.7. The number of rotatable bonds is 7. The molecule has 32 heavy (non-hydrogen) atoms. The summed E-state index contributed by atoms with van der Waals surface area (Å²) in [6.45, 7) is 3.61. The molecular weight excluding hydrogens is 474 g/mol. The zero-order valence-corrected chi connectivity index (χ0v) is 19.5. The SMILES string of the molecule is CCCOc1ccc(C2/C(=C(/O)c3ccc(Br)cc3)C(=O)C(=O)N2CC2CCCO2)cc1. The maximum Gasteiger partial charge on any atom is 0.295 e. The summed E-state index contributed by atoms with van der Waals surface area (Å²) in [5, 5.41) is 11.1. The monoisotopic (exact) mass is 499 g/mol. The van der Waals surface area contributed by atoms with Crippen LogP contribution in [0.15, 0.2) is 58.6 Å². The van der Waals surface area contributed by atoms with Crippen molar-refractivity contribution >= 4 is 33.4 Å². The lowest BCUT2D eigenvalue weighted by molar-refractivity contribution is -0.140. The fourth-order valence-electron chi connectivity index (χ4n) is 4.15. The first-order valence-electron chi connectivity index (χ1n) is 10.9. The van der Waals surface area contributed by atoms with E-state index in [2.05, 4.69) is 15.9 Å². The first kappa shape index (κ1) is 22.6. The third-order valence-electron chi connectivity index (χ3n) is 5.75. The van der Waals surface area contributed by atoms with Crippen molar-refractivity contribution in [2.24, 2.45) is 0 Å². The predicted octanol–water partition coefficient (Wildman–Crippen LogP) is 4.84. The van der Waals surface area contributed by atoms with Gasteiger partial charge in [0, 0.05) is 23.2 Å². The van der Waals surface area contributed by atoms with Gasteiger partial charge in [0.1, 0.15) is 11.5 Å². The molecule has 7 heteroatoms. The van der Waals surface area contributed by atoms with Gasteiger partial charge in [-0.3, -0.25) is 9.59 Å². The smallest absolute Gasteiger partial charge is 0.295 e. The molecule has 2 saturated heterocycles. The molecule has 2 aromatic rings. The summed E-state index contributed by atoms with van der Waals surface area (Å²) in [5.74, 6) is -0.753. The summed E-state index contributed by atoms with van der Waals surface area (Å²) >= 11 is 3.38. The lowest BCUT2D eigenvalue weighted by atomic mass is 9.95. The van der Waals surface area contributed by atoms with Gasteiger partial charge in [0.25, 0.3) is 11.7 Å². The van der Waals surface area contributed by atoms with E-state index >= 15 is 0 Å². The molecule has 2 aliphatic rings. The summed E-state index contributed by atoms with van der Waals surface area (Å²) in [5.41, 5.74) is 1.32. The van der Waals surface area contributed by atoms with Crippen LogP contribution in [0.1, 0.15) is 43.4 Å². The Balaban J connectivity index is 1.75. The van der Waals surface area contributed by atoms with Crippen LogP contribution in [0.2, 0.25) is 0 Å². The molecule has 168 valence electrons. The molecule has 2 atom stereocenters. The molecular formula is C25H26BrNO5. The number of hydrogen-bond acceptors (Lipinski definition) is 5. The zero-order chi connectivity index (χ0) is 22.7. The second-order valence-electron chi connectivity index (χ2n) is 8.01. The Bertz CT molecular complexity index is 1010. The molecule has 1 N–H and O–H groups in total. The molecule has 4 rings (SSSR count). The number of amides is 1. The van der Waals surface area contributed by atoms with Gasteiger partial charge in [-0.05, 0) is 49.1 Å². The summed E-state index contributed by atoms with van der Waals surface area (Å²) in [6.07, 6.45) is 2.56. The minimum atomic E-state index is -0.692. The van der Waals surface area contributed by atoms with Crippen molar-refractivity contribution in [3.05, 3.63) is 69.7 Å². The molecule has 0 radical (unpaired) electrons. The van der Waals surface area contributed by atoms with Gasteiger partial charge in [-0.15, -0.1) is 0 Å². The second kappa shape index (κ2) is 9.88. The molecule has 0 aromatic heterocycles. The van der Waals surface area contributed by atoms with E-state index in [-0.39, 0.29) is 17.4 Å². The van der Waals surface area contributed by atoms with Gasteiger partial charge in [0.05, 0.1) is 24.3 Å². The fraction of sp³-hybridized carbons (Fsp3) is 0.360. The molecule has 2 unspecified atom stereocenters. The normalized spacial score (nSPS) is 22.5. The van der Waals surface area contributed by atoms with Gasteiger partial charge in [0.15, 0.2) is 0 Å². The first-order valence-corrected chi connectivity index (χ1v) is 11.7. The minimum Gasteiger partial charge on any atom is -0.507 e.